The Hall–Kier alpha value is -4.53. The standard InChI is InChI=1S/C23H15N5O4/c29-28(30)15-7-5-14(6-8-15)22-26-21-23(25-18-4-2-1-3-17(18)24-21)27(22)16-9-10-19-20(13-16)32-12-11-31-19/h1-10,13H,11-12H2. The van der Waals surface area contributed by atoms with Crippen LogP contribution in [0.3, 0.4) is 0 Å². The number of para-hydroxylation sites is 2. The summed E-state index contributed by atoms with van der Waals surface area (Å²) in [7, 11) is 0. The average Bonchev–Trinajstić information content (AvgIpc) is 3.20. The van der Waals surface area contributed by atoms with E-state index in [0.29, 0.717) is 47.4 Å². The molecule has 0 atom stereocenters. The molecular weight excluding hydrogens is 410 g/mol. The van der Waals surface area contributed by atoms with Crippen LogP contribution in [0.5, 0.6) is 11.5 Å². The van der Waals surface area contributed by atoms with Crippen LogP contribution in [0.1, 0.15) is 0 Å². The average molecular weight is 425 g/mol. The topological polar surface area (TPSA) is 105 Å². The molecule has 2 aromatic heterocycles. The second-order valence-corrected chi connectivity index (χ2v) is 7.26. The Morgan fingerprint density at radius 3 is 2.31 bits per heavy atom. The van der Waals surface area contributed by atoms with Gasteiger partial charge in [-0.3, -0.25) is 14.7 Å². The van der Waals surface area contributed by atoms with Gasteiger partial charge in [0, 0.05) is 23.8 Å². The number of fused-ring (bicyclic) bond motifs is 3. The van der Waals surface area contributed by atoms with E-state index in [-0.39, 0.29) is 5.69 Å². The maximum atomic E-state index is 11.1. The summed E-state index contributed by atoms with van der Waals surface area (Å²) in [6.45, 7) is 0.979. The number of ether oxygens (including phenoxy) is 2. The van der Waals surface area contributed by atoms with E-state index in [1.165, 1.54) is 12.1 Å². The van der Waals surface area contributed by atoms with Crippen molar-refractivity contribution in [3.8, 4) is 28.6 Å². The fourth-order valence-electron chi connectivity index (χ4n) is 3.80. The zero-order chi connectivity index (χ0) is 21.7. The number of non-ortho nitro benzene ring substituents is 1. The second-order valence-electron chi connectivity index (χ2n) is 7.26. The lowest BCUT2D eigenvalue weighted by Gasteiger charge is -2.19. The fraction of sp³-hybridized carbons (Fsp3) is 0.0870. The molecule has 0 radical (unpaired) electrons. The highest BCUT2D eigenvalue weighted by molar-refractivity contribution is 5.86. The molecule has 0 spiro atoms. The lowest BCUT2D eigenvalue weighted by Crippen LogP contribution is -2.15. The first-order valence-electron chi connectivity index (χ1n) is 9.97. The van der Waals surface area contributed by atoms with E-state index in [1.54, 1.807) is 12.1 Å². The van der Waals surface area contributed by atoms with E-state index >= 15 is 0 Å². The summed E-state index contributed by atoms with van der Waals surface area (Å²) in [6.07, 6.45) is 0. The molecule has 32 heavy (non-hydrogen) atoms. The fourth-order valence-corrected chi connectivity index (χ4v) is 3.80. The van der Waals surface area contributed by atoms with E-state index in [0.717, 1.165) is 16.7 Å². The van der Waals surface area contributed by atoms with Crippen molar-refractivity contribution in [1.29, 1.82) is 0 Å². The molecule has 5 aromatic rings. The van der Waals surface area contributed by atoms with Crippen LogP contribution in [0.4, 0.5) is 5.69 Å². The Morgan fingerprint density at radius 1 is 0.844 bits per heavy atom. The Balaban J connectivity index is 1.62. The monoisotopic (exact) mass is 425 g/mol. The predicted molar refractivity (Wildman–Crippen MR) is 117 cm³/mol. The summed E-state index contributed by atoms with van der Waals surface area (Å²) >= 11 is 0. The number of aromatic nitrogens is 4. The highest BCUT2D eigenvalue weighted by Gasteiger charge is 2.20. The van der Waals surface area contributed by atoms with Gasteiger partial charge in [0.25, 0.3) is 5.69 Å². The van der Waals surface area contributed by atoms with Crippen LogP contribution >= 0.6 is 0 Å². The number of nitrogens with zero attached hydrogens (tertiary/aromatic N) is 5. The Kier molecular flexibility index (Phi) is 4.00. The van der Waals surface area contributed by atoms with Gasteiger partial charge < -0.3 is 9.47 Å². The lowest BCUT2D eigenvalue weighted by atomic mass is 10.2. The highest BCUT2D eigenvalue weighted by atomic mass is 16.6. The third kappa shape index (κ3) is 2.90. The summed E-state index contributed by atoms with van der Waals surface area (Å²) in [4.78, 5) is 24.9. The molecule has 6 rings (SSSR count). The minimum Gasteiger partial charge on any atom is -0.486 e. The molecule has 0 amide bonds. The maximum absolute atomic E-state index is 11.1. The molecule has 0 saturated heterocycles. The highest BCUT2D eigenvalue weighted by Crippen LogP contribution is 2.35. The van der Waals surface area contributed by atoms with Crippen LogP contribution < -0.4 is 9.47 Å². The van der Waals surface area contributed by atoms with Gasteiger partial charge in [-0.25, -0.2) is 15.0 Å². The number of nitro benzene ring substituents is 1. The normalized spacial score (nSPS) is 12.9. The molecule has 1 aliphatic heterocycles. The van der Waals surface area contributed by atoms with E-state index in [9.17, 15) is 10.1 Å². The number of hydrogen-bond donors (Lipinski definition) is 0. The number of imidazole rings is 1. The van der Waals surface area contributed by atoms with Gasteiger partial charge in [-0.1, -0.05) is 12.1 Å². The Morgan fingerprint density at radius 2 is 1.56 bits per heavy atom. The van der Waals surface area contributed by atoms with Crippen LogP contribution in [0.15, 0.2) is 66.7 Å². The van der Waals surface area contributed by atoms with Crippen LogP contribution in [-0.4, -0.2) is 37.7 Å². The van der Waals surface area contributed by atoms with Gasteiger partial charge in [0.1, 0.15) is 19.0 Å². The number of nitro groups is 1. The van der Waals surface area contributed by atoms with Crippen molar-refractivity contribution >= 4 is 28.0 Å². The molecule has 0 fully saturated rings. The summed E-state index contributed by atoms with van der Waals surface area (Å²) in [5, 5.41) is 11.1. The molecule has 0 saturated carbocycles. The first-order valence-corrected chi connectivity index (χ1v) is 9.97. The third-order valence-electron chi connectivity index (χ3n) is 5.29. The summed E-state index contributed by atoms with van der Waals surface area (Å²) in [5.74, 6) is 1.89. The predicted octanol–water partition coefficient (Wildman–Crippen LogP) is 4.32. The molecule has 9 heteroatoms. The largest absolute Gasteiger partial charge is 0.486 e. The van der Waals surface area contributed by atoms with Crippen molar-refractivity contribution in [3.63, 3.8) is 0 Å². The zero-order valence-electron chi connectivity index (χ0n) is 16.6. The second kappa shape index (κ2) is 7.02. The molecule has 0 bridgehead atoms. The third-order valence-corrected chi connectivity index (χ3v) is 5.29. The van der Waals surface area contributed by atoms with E-state index in [1.807, 2.05) is 47.0 Å². The van der Waals surface area contributed by atoms with Crippen LogP contribution in [0.2, 0.25) is 0 Å². The maximum Gasteiger partial charge on any atom is 0.269 e. The van der Waals surface area contributed by atoms with Gasteiger partial charge in [-0.15, -0.1) is 0 Å². The van der Waals surface area contributed by atoms with Gasteiger partial charge in [-0.2, -0.15) is 0 Å². The summed E-state index contributed by atoms with van der Waals surface area (Å²) in [5.41, 5.74) is 4.03. The van der Waals surface area contributed by atoms with Gasteiger partial charge in [0.2, 0.25) is 0 Å². The molecule has 3 heterocycles. The first kappa shape index (κ1) is 18.3. The van der Waals surface area contributed by atoms with Crippen molar-refractivity contribution < 1.29 is 14.4 Å². The van der Waals surface area contributed by atoms with Crippen molar-refractivity contribution in [3.05, 3.63) is 76.8 Å². The van der Waals surface area contributed by atoms with Crippen LogP contribution in [0.25, 0.3) is 39.4 Å². The molecule has 0 N–H and O–H groups in total. The van der Waals surface area contributed by atoms with Crippen molar-refractivity contribution in [2.45, 2.75) is 0 Å². The van der Waals surface area contributed by atoms with E-state index < -0.39 is 4.92 Å². The van der Waals surface area contributed by atoms with Crippen molar-refractivity contribution in [2.75, 3.05) is 13.2 Å². The molecule has 156 valence electrons. The minimum atomic E-state index is -0.427. The Labute approximate surface area is 181 Å². The minimum absolute atomic E-state index is 0.0118. The Bertz CT molecular complexity index is 1510. The van der Waals surface area contributed by atoms with Gasteiger partial charge in [-0.05, 0) is 36.4 Å². The summed E-state index contributed by atoms with van der Waals surface area (Å²) < 4.78 is 13.3. The van der Waals surface area contributed by atoms with Crippen molar-refractivity contribution in [2.24, 2.45) is 0 Å². The molecule has 3 aromatic carbocycles. The van der Waals surface area contributed by atoms with Crippen LogP contribution in [-0.2, 0) is 0 Å². The molecule has 0 unspecified atom stereocenters. The van der Waals surface area contributed by atoms with E-state index in [2.05, 4.69) is 4.98 Å². The number of hydrogen-bond acceptors (Lipinski definition) is 7. The van der Waals surface area contributed by atoms with Crippen LogP contribution in [0, 0.1) is 10.1 Å². The molecule has 9 nitrogen and oxygen atoms in total. The summed E-state index contributed by atoms with van der Waals surface area (Å²) in [6, 6.07) is 19.5. The number of benzene rings is 3. The molecular formula is C23H15N5O4. The quantitative estimate of drug-likeness (QED) is 0.313. The SMILES string of the molecule is O=[N+]([O-])c1ccc(-c2nc3nc4ccccc4nc3n2-c2ccc3c(c2)OCCO3)cc1. The van der Waals surface area contributed by atoms with E-state index in [4.69, 9.17) is 19.4 Å². The molecule has 1 aliphatic rings. The first-order chi connectivity index (χ1) is 15.7. The smallest absolute Gasteiger partial charge is 0.269 e. The van der Waals surface area contributed by atoms with Crippen molar-refractivity contribution in [1.82, 2.24) is 19.5 Å². The zero-order valence-corrected chi connectivity index (χ0v) is 16.6. The lowest BCUT2D eigenvalue weighted by molar-refractivity contribution is -0.384. The van der Waals surface area contributed by atoms with Gasteiger partial charge >= 0.3 is 0 Å². The van der Waals surface area contributed by atoms with Gasteiger partial charge in [0.15, 0.2) is 22.8 Å². The number of rotatable bonds is 3. The molecule has 0 aliphatic carbocycles. The van der Waals surface area contributed by atoms with Gasteiger partial charge in [0.05, 0.1) is 21.6 Å².